The van der Waals surface area contributed by atoms with E-state index in [-0.39, 0.29) is 30.8 Å². The number of aliphatic hydroxyl groups is 1. The van der Waals surface area contributed by atoms with E-state index in [1.165, 1.54) is 18.2 Å². The molecule has 9 heteroatoms. The Morgan fingerprint density at radius 3 is 2.52 bits per heavy atom. The minimum Gasteiger partial charge on any atom is -0.428 e. The van der Waals surface area contributed by atoms with E-state index >= 15 is 0 Å². The first-order valence-electron chi connectivity index (χ1n) is 7.94. The van der Waals surface area contributed by atoms with Crippen molar-refractivity contribution in [2.24, 2.45) is 0 Å². The average molecular weight is 387 g/mol. The zero-order chi connectivity index (χ0) is 17.6. The molecule has 1 aromatic carbocycles. The van der Waals surface area contributed by atoms with E-state index in [1.807, 2.05) is 0 Å². The molecule has 0 saturated carbocycles. The van der Waals surface area contributed by atoms with Crippen molar-refractivity contribution >= 4 is 12.4 Å². The van der Waals surface area contributed by atoms with Crippen LogP contribution in [-0.4, -0.2) is 55.3 Å². The number of halogens is 5. The number of hydrogen-bond acceptors (Lipinski definition) is 4. The van der Waals surface area contributed by atoms with Crippen LogP contribution in [0.1, 0.15) is 24.4 Å². The highest BCUT2D eigenvalue weighted by Crippen LogP contribution is 2.32. The van der Waals surface area contributed by atoms with E-state index in [1.54, 1.807) is 6.07 Å². The number of rotatable bonds is 8. The first kappa shape index (κ1) is 22.0. The van der Waals surface area contributed by atoms with Gasteiger partial charge in [0.25, 0.3) is 0 Å². The summed E-state index contributed by atoms with van der Waals surface area (Å²) in [6.07, 6.45) is -7.20. The quantitative estimate of drug-likeness (QED) is 0.674. The number of nitrogens with one attached hydrogen (secondary N) is 1. The number of nitrogens with zero attached hydrogens (tertiary/aromatic N) is 1. The van der Waals surface area contributed by atoms with Gasteiger partial charge in [0.2, 0.25) is 0 Å². The van der Waals surface area contributed by atoms with Gasteiger partial charge in [-0.3, -0.25) is 4.90 Å². The van der Waals surface area contributed by atoms with Crippen molar-refractivity contribution in [2.45, 2.75) is 31.4 Å². The molecule has 1 aliphatic heterocycles. The highest BCUT2D eigenvalue weighted by molar-refractivity contribution is 5.85. The minimum absolute atomic E-state index is 0. The lowest BCUT2D eigenvalue weighted by molar-refractivity contribution is -0.253. The van der Waals surface area contributed by atoms with Gasteiger partial charge in [-0.2, -0.15) is 17.6 Å². The van der Waals surface area contributed by atoms with Gasteiger partial charge in [-0.1, -0.05) is 12.1 Å². The van der Waals surface area contributed by atoms with Gasteiger partial charge >= 0.3 is 12.5 Å². The van der Waals surface area contributed by atoms with E-state index in [0.717, 1.165) is 26.2 Å². The van der Waals surface area contributed by atoms with Gasteiger partial charge in [-0.15, -0.1) is 12.4 Å². The molecule has 1 atom stereocenters. The van der Waals surface area contributed by atoms with Crippen LogP contribution in [0.15, 0.2) is 24.3 Å². The van der Waals surface area contributed by atoms with E-state index in [0.29, 0.717) is 18.4 Å². The van der Waals surface area contributed by atoms with Crippen molar-refractivity contribution in [3.05, 3.63) is 29.8 Å². The molecular formula is C16H23ClF4N2O2. The van der Waals surface area contributed by atoms with Crippen molar-refractivity contribution in [3.63, 3.8) is 0 Å². The third-order valence-electron chi connectivity index (χ3n) is 3.98. The largest absolute Gasteiger partial charge is 0.461 e. The molecule has 0 radical (unpaired) electrons. The Morgan fingerprint density at radius 1 is 1.24 bits per heavy atom. The summed E-state index contributed by atoms with van der Waals surface area (Å²) in [6.45, 7) is 3.23. The Balaban J connectivity index is 0.00000312. The SMILES string of the molecule is Cl.OCCC[C@H](c1cccc(OC(F)(F)C(F)F)c1)N1CCNCC1. The minimum atomic E-state index is -4.52. The molecule has 0 aromatic heterocycles. The molecular weight excluding hydrogens is 364 g/mol. The molecule has 0 unspecified atom stereocenters. The number of hydrogen-bond donors (Lipinski definition) is 2. The molecule has 1 saturated heterocycles. The van der Waals surface area contributed by atoms with Crippen LogP contribution >= 0.6 is 12.4 Å². The van der Waals surface area contributed by atoms with Crippen LogP contribution in [0.2, 0.25) is 0 Å². The smallest absolute Gasteiger partial charge is 0.428 e. The lowest BCUT2D eigenvalue weighted by Crippen LogP contribution is -2.45. The summed E-state index contributed by atoms with van der Waals surface area (Å²) in [5.41, 5.74) is 0.716. The first-order valence-corrected chi connectivity index (χ1v) is 7.94. The number of aliphatic hydroxyl groups excluding tert-OH is 1. The van der Waals surface area contributed by atoms with E-state index < -0.39 is 12.5 Å². The van der Waals surface area contributed by atoms with Crippen LogP contribution in [-0.2, 0) is 0 Å². The van der Waals surface area contributed by atoms with Crippen LogP contribution in [0.25, 0.3) is 0 Å². The third kappa shape index (κ3) is 6.29. The predicted octanol–water partition coefficient (Wildman–Crippen LogP) is 3.06. The summed E-state index contributed by atoms with van der Waals surface area (Å²) in [6, 6.07) is 5.81. The van der Waals surface area contributed by atoms with Crippen LogP contribution in [0.3, 0.4) is 0 Å². The summed E-state index contributed by atoms with van der Waals surface area (Å²) < 4.78 is 55.0. The second kappa shape index (κ2) is 10.2. The van der Waals surface area contributed by atoms with Gasteiger partial charge in [0.15, 0.2) is 0 Å². The second-order valence-electron chi connectivity index (χ2n) is 5.70. The normalized spacial score (nSPS) is 17.2. The summed E-state index contributed by atoms with van der Waals surface area (Å²) in [5, 5.41) is 12.3. The van der Waals surface area contributed by atoms with Gasteiger partial charge in [0.05, 0.1) is 0 Å². The Kier molecular flexibility index (Phi) is 8.92. The van der Waals surface area contributed by atoms with Gasteiger partial charge in [0.1, 0.15) is 5.75 Å². The Morgan fingerprint density at radius 2 is 1.92 bits per heavy atom. The molecule has 1 fully saturated rings. The number of ether oxygens (including phenoxy) is 1. The van der Waals surface area contributed by atoms with Gasteiger partial charge < -0.3 is 15.2 Å². The van der Waals surface area contributed by atoms with Gasteiger partial charge in [-0.05, 0) is 30.5 Å². The second-order valence-corrected chi connectivity index (χ2v) is 5.70. The average Bonchev–Trinajstić information content (AvgIpc) is 2.56. The van der Waals surface area contributed by atoms with Crippen LogP contribution in [0, 0.1) is 0 Å². The Labute approximate surface area is 150 Å². The fourth-order valence-electron chi connectivity index (χ4n) is 2.83. The van der Waals surface area contributed by atoms with E-state index in [4.69, 9.17) is 5.11 Å². The molecule has 0 amide bonds. The zero-order valence-electron chi connectivity index (χ0n) is 13.6. The highest BCUT2D eigenvalue weighted by Gasteiger charge is 2.44. The summed E-state index contributed by atoms with van der Waals surface area (Å²) in [7, 11) is 0. The maximum atomic E-state index is 13.1. The molecule has 0 aliphatic carbocycles. The van der Waals surface area contributed by atoms with Crippen LogP contribution in [0.4, 0.5) is 17.6 Å². The van der Waals surface area contributed by atoms with Crippen molar-refractivity contribution < 1.29 is 27.4 Å². The van der Waals surface area contributed by atoms with Gasteiger partial charge in [-0.25, -0.2) is 0 Å². The van der Waals surface area contributed by atoms with Crippen molar-refractivity contribution in [1.29, 1.82) is 0 Å². The predicted molar refractivity (Wildman–Crippen MR) is 88.8 cm³/mol. The van der Waals surface area contributed by atoms with Crippen LogP contribution in [0.5, 0.6) is 5.75 Å². The van der Waals surface area contributed by atoms with E-state index in [9.17, 15) is 17.6 Å². The number of benzene rings is 1. The topological polar surface area (TPSA) is 44.7 Å². The fraction of sp³-hybridized carbons (Fsp3) is 0.625. The summed E-state index contributed by atoms with van der Waals surface area (Å²) in [4.78, 5) is 2.19. The monoisotopic (exact) mass is 386 g/mol. The van der Waals surface area contributed by atoms with Crippen molar-refractivity contribution in [1.82, 2.24) is 10.2 Å². The maximum absolute atomic E-state index is 13.1. The summed E-state index contributed by atoms with van der Waals surface area (Å²) in [5.74, 6) is -0.290. The molecule has 1 aliphatic rings. The molecule has 2 N–H and O–H groups in total. The molecule has 1 heterocycles. The zero-order valence-corrected chi connectivity index (χ0v) is 14.5. The standard InChI is InChI=1S/C16H22F4N2O2.ClH/c17-15(18)16(19,20)24-13-4-1-3-12(11-13)14(5-2-10-23)22-8-6-21-7-9-22;/h1,3-4,11,14-15,21,23H,2,5-10H2;1H/t14-;/m1./s1. The van der Waals surface area contributed by atoms with Crippen molar-refractivity contribution in [2.75, 3.05) is 32.8 Å². The molecule has 25 heavy (non-hydrogen) atoms. The maximum Gasteiger partial charge on any atom is 0.461 e. The third-order valence-corrected chi connectivity index (χ3v) is 3.98. The number of piperazine rings is 1. The van der Waals surface area contributed by atoms with E-state index in [2.05, 4.69) is 15.0 Å². The molecule has 0 spiro atoms. The number of alkyl halides is 4. The first-order chi connectivity index (χ1) is 11.4. The fourth-order valence-corrected chi connectivity index (χ4v) is 2.83. The molecule has 4 nitrogen and oxygen atoms in total. The van der Waals surface area contributed by atoms with Gasteiger partial charge in [0, 0.05) is 38.8 Å². The molecule has 144 valence electrons. The van der Waals surface area contributed by atoms with Crippen LogP contribution < -0.4 is 10.1 Å². The molecule has 2 rings (SSSR count). The Hall–Kier alpha value is -1.09. The summed E-state index contributed by atoms with van der Waals surface area (Å²) >= 11 is 0. The lowest BCUT2D eigenvalue weighted by atomic mass is 9.99. The Bertz CT molecular complexity index is 517. The molecule has 1 aromatic rings. The lowest BCUT2D eigenvalue weighted by Gasteiger charge is -2.35. The van der Waals surface area contributed by atoms with Crippen molar-refractivity contribution in [3.8, 4) is 5.75 Å². The molecule has 0 bridgehead atoms. The highest BCUT2D eigenvalue weighted by atomic mass is 35.5.